The van der Waals surface area contributed by atoms with Crippen LogP contribution in [0.15, 0.2) is 47.3 Å². The third-order valence-corrected chi connectivity index (χ3v) is 7.08. The Balaban J connectivity index is 1.53. The van der Waals surface area contributed by atoms with Crippen LogP contribution in [-0.2, 0) is 17.7 Å². The molecule has 174 valence electrons. The molecule has 4 heterocycles. The smallest absolute Gasteiger partial charge is 0.254 e. The molecule has 1 N–H and O–H groups in total. The maximum atomic E-state index is 13.5. The van der Waals surface area contributed by atoms with Gasteiger partial charge in [0.05, 0.1) is 12.6 Å². The molecule has 8 nitrogen and oxygen atoms in total. The fraction of sp³-hybridized carbons (Fsp3) is 0.385. The molecule has 1 fully saturated rings. The van der Waals surface area contributed by atoms with Gasteiger partial charge in [0.1, 0.15) is 6.04 Å². The molecule has 1 saturated heterocycles. The number of ether oxygens (including phenoxy) is 1. The third-order valence-electron chi connectivity index (χ3n) is 7.08. The summed E-state index contributed by atoms with van der Waals surface area (Å²) < 4.78 is 7.69. The van der Waals surface area contributed by atoms with Gasteiger partial charge in [-0.1, -0.05) is 24.3 Å². The van der Waals surface area contributed by atoms with Crippen LogP contribution in [0.3, 0.4) is 0 Å². The molecule has 0 spiro atoms. The summed E-state index contributed by atoms with van der Waals surface area (Å²) in [4.78, 5) is 18.9. The summed E-state index contributed by atoms with van der Waals surface area (Å²) in [5.74, 6) is 0.668. The maximum absolute atomic E-state index is 13.5. The maximum Gasteiger partial charge on any atom is 0.254 e. The first-order valence-corrected chi connectivity index (χ1v) is 11.9. The topological polar surface area (TPSA) is 88.9 Å². The highest BCUT2D eigenvalue weighted by Crippen LogP contribution is 2.37. The Bertz CT molecular complexity index is 1420. The van der Waals surface area contributed by atoms with E-state index in [0.717, 1.165) is 60.1 Å². The molecule has 6 rings (SSSR count). The Kier molecular flexibility index (Phi) is 5.17. The first-order valence-electron chi connectivity index (χ1n) is 11.9. The highest BCUT2D eigenvalue weighted by atomic mass is 16.5. The number of anilines is 1. The van der Waals surface area contributed by atoms with Crippen molar-refractivity contribution in [3.05, 3.63) is 80.9 Å². The Morgan fingerprint density at radius 2 is 2.09 bits per heavy atom. The summed E-state index contributed by atoms with van der Waals surface area (Å²) in [5, 5.41) is 13.8. The number of fused-ring (bicyclic) bond motifs is 2. The Morgan fingerprint density at radius 1 is 1.21 bits per heavy atom. The van der Waals surface area contributed by atoms with Crippen LogP contribution in [0.5, 0.6) is 0 Å². The predicted octanol–water partition coefficient (Wildman–Crippen LogP) is 3.46. The van der Waals surface area contributed by atoms with Crippen LogP contribution in [0.2, 0.25) is 0 Å². The van der Waals surface area contributed by atoms with E-state index < -0.39 is 6.04 Å². The van der Waals surface area contributed by atoms with Crippen LogP contribution in [-0.4, -0.2) is 44.4 Å². The number of aryl methyl sites for hydroxylation is 2. The van der Waals surface area contributed by atoms with Gasteiger partial charge in [-0.05, 0) is 78.4 Å². The van der Waals surface area contributed by atoms with Gasteiger partial charge in [-0.25, -0.2) is 4.68 Å². The molecular weight excluding hydrogens is 428 g/mol. The van der Waals surface area contributed by atoms with Crippen molar-refractivity contribution in [2.24, 2.45) is 0 Å². The number of benzene rings is 2. The van der Waals surface area contributed by atoms with Crippen LogP contribution in [0, 0.1) is 13.8 Å². The normalized spacial score (nSPS) is 18.5. The van der Waals surface area contributed by atoms with E-state index >= 15 is 0 Å². The summed E-state index contributed by atoms with van der Waals surface area (Å²) in [5.41, 5.74) is 6.05. The van der Waals surface area contributed by atoms with Crippen LogP contribution < -0.4 is 10.5 Å². The highest BCUT2D eigenvalue weighted by molar-refractivity contribution is 5.83. The molecule has 34 heavy (non-hydrogen) atoms. The first-order chi connectivity index (χ1) is 16.6. The Morgan fingerprint density at radius 3 is 2.94 bits per heavy atom. The quantitative estimate of drug-likeness (QED) is 0.495. The van der Waals surface area contributed by atoms with E-state index in [1.807, 2.05) is 29.8 Å². The number of hydrogen-bond acceptors (Lipinski definition) is 6. The van der Waals surface area contributed by atoms with Crippen molar-refractivity contribution < 1.29 is 4.74 Å². The van der Waals surface area contributed by atoms with Gasteiger partial charge >= 0.3 is 0 Å². The lowest BCUT2D eigenvalue weighted by Gasteiger charge is -2.30. The average molecular weight is 457 g/mol. The molecule has 0 amide bonds. The van der Waals surface area contributed by atoms with E-state index in [0.29, 0.717) is 17.9 Å². The fourth-order valence-electron chi connectivity index (χ4n) is 5.49. The molecular formula is C26H28N6O2. The molecule has 0 radical (unpaired) electrons. The molecule has 0 bridgehead atoms. The first kappa shape index (κ1) is 21.0. The molecule has 4 aromatic rings. The molecule has 2 atom stereocenters. The molecule has 0 saturated carbocycles. The van der Waals surface area contributed by atoms with Gasteiger partial charge in [0.15, 0.2) is 5.82 Å². The Labute approximate surface area is 197 Å². The number of H-pyrrole nitrogens is 1. The third kappa shape index (κ3) is 3.58. The molecule has 2 aromatic heterocycles. The van der Waals surface area contributed by atoms with Crippen molar-refractivity contribution in [3.63, 3.8) is 0 Å². The summed E-state index contributed by atoms with van der Waals surface area (Å²) in [6.07, 6.45) is 3.05. The molecule has 2 aliphatic heterocycles. The number of nitrogens with one attached hydrogen (secondary N) is 1. The standard InChI is InChI=1S/C26H28N6O2/c1-16-12-17(2)20-14-21(26(33)27-22(20)13-16)24(31-10-9-18-6-3-4-8-23(18)31)25-28-29-30-32(25)15-19-7-5-11-34-19/h3-4,6,8,12-14,19,24H,5,7,9-11,15H2,1-2H3,(H,27,33)/t19-,24-/m0/s1. The summed E-state index contributed by atoms with van der Waals surface area (Å²) in [6.45, 7) is 6.27. The minimum absolute atomic E-state index is 0.0915. The minimum atomic E-state index is -0.408. The van der Waals surface area contributed by atoms with E-state index in [1.165, 1.54) is 5.56 Å². The van der Waals surface area contributed by atoms with Gasteiger partial charge < -0.3 is 14.6 Å². The zero-order valence-electron chi connectivity index (χ0n) is 19.5. The van der Waals surface area contributed by atoms with Crippen LogP contribution in [0.25, 0.3) is 10.9 Å². The number of aromatic amines is 1. The number of pyridine rings is 1. The van der Waals surface area contributed by atoms with E-state index in [2.05, 4.69) is 56.6 Å². The van der Waals surface area contributed by atoms with Gasteiger partial charge in [-0.2, -0.15) is 0 Å². The Hall–Kier alpha value is -3.52. The van der Waals surface area contributed by atoms with Gasteiger partial charge in [0, 0.05) is 35.3 Å². The molecule has 0 unspecified atom stereocenters. The van der Waals surface area contributed by atoms with Crippen molar-refractivity contribution in [2.45, 2.75) is 51.8 Å². The molecule has 8 heteroatoms. The minimum Gasteiger partial charge on any atom is -0.376 e. The lowest BCUT2D eigenvalue weighted by atomic mass is 10.00. The van der Waals surface area contributed by atoms with E-state index in [9.17, 15) is 4.79 Å². The van der Waals surface area contributed by atoms with Gasteiger partial charge in [0.25, 0.3) is 5.56 Å². The van der Waals surface area contributed by atoms with E-state index in [1.54, 1.807) is 0 Å². The van der Waals surface area contributed by atoms with Gasteiger partial charge in [-0.3, -0.25) is 4.79 Å². The van der Waals surface area contributed by atoms with Crippen LogP contribution in [0.1, 0.15) is 47.0 Å². The predicted molar refractivity (Wildman–Crippen MR) is 130 cm³/mol. The largest absolute Gasteiger partial charge is 0.376 e. The van der Waals surface area contributed by atoms with Crippen molar-refractivity contribution >= 4 is 16.6 Å². The number of tetrazole rings is 1. The molecule has 0 aliphatic carbocycles. The molecule has 2 aliphatic rings. The van der Waals surface area contributed by atoms with Crippen LogP contribution in [0.4, 0.5) is 5.69 Å². The van der Waals surface area contributed by atoms with Crippen molar-refractivity contribution in [3.8, 4) is 0 Å². The number of hydrogen-bond donors (Lipinski definition) is 1. The lowest BCUT2D eigenvalue weighted by molar-refractivity contribution is 0.0924. The zero-order valence-corrected chi connectivity index (χ0v) is 19.5. The summed E-state index contributed by atoms with van der Waals surface area (Å²) in [7, 11) is 0. The van der Waals surface area contributed by atoms with Crippen LogP contribution >= 0.6 is 0 Å². The van der Waals surface area contributed by atoms with Crippen molar-refractivity contribution in [1.29, 1.82) is 0 Å². The van der Waals surface area contributed by atoms with Crippen molar-refractivity contribution in [2.75, 3.05) is 18.1 Å². The molecule has 2 aromatic carbocycles. The SMILES string of the molecule is Cc1cc(C)c2cc([C@@H](c3nnnn3C[C@@H]3CCCO3)N3CCc4ccccc43)c(=O)[nH]c2c1. The number of aromatic nitrogens is 5. The van der Waals surface area contributed by atoms with Crippen molar-refractivity contribution in [1.82, 2.24) is 25.2 Å². The highest BCUT2D eigenvalue weighted by Gasteiger charge is 2.35. The summed E-state index contributed by atoms with van der Waals surface area (Å²) >= 11 is 0. The second kappa shape index (κ2) is 8.36. The second-order valence-electron chi connectivity index (χ2n) is 9.43. The monoisotopic (exact) mass is 456 g/mol. The van der Waals surface area contributed by atoms with Gasteiger partial charge in [-0.15, -0.1) is 5.10 Å². The van der Waals surface area contributed by atoms with Gasteiger partial charge in [0.2, 0.25) is 0 Å². The van der Waals surface area contributed by atoms with E-state index in [-0.39, 0.29) is 11.7 Å². The average Bonchev–Trinajstić information content (AvgIpc) is 3.57. The van der Waals surface area contributed by atoms with E-state index in [4.69, 9.17) is 4.74 Å². The second-order valence-corrected chi connectivity index (χ2v) is 9.43. The number of nitrogens with zero attached hydrogens (tertiary/aromatic N) is 5. The number of rotatable bonds is 5. The fourth-order valence-corrected chi connectivity index (χ4v) is 5.49. The number of para-hydroxylation sites is 1. The zero-order chi connectivity index (χ0) is 23.2. The summed E-state index contributed by atoms with van der Waals surface area (Å²) in [6, 6.07) is 14.2. The lowest BCUT2D eigenvalue weighted by Crippen LogP contribution is -2.35.